The fourth-order valence-electron chi connectivity index (χ4n) is 2.73. The van der Waals surface area contributed by atoms with Gasteiger partial charge < -0.3 is 9.14 Å². The van der Waals surface area contributed by atoms with Crippen molar-refractivity contribution >= 4 is 11.8 Å². The summed E-state index contributed by atoms with van der Waals surface area (Å²) in [6, 6.07) is 12.0. The number of fused-ring (bicyclic) bond motifs is 1. The maximum atomic E-state index is 11.6. The molecule has 3 nitrogen and oxygen atoms in total. The van der Waals surface area contributed by atoms with Crippen molar-refractivity contribution in [3.05, 3.63) is 59.4 Å². The van der Waals surface area contributed by atoms with Crippen LogP contribution in [0, 0.1) is 13.8 Å². The van der Waals surface area contributed by atoms with E-state index in [0.29, 0.717) is 5.69 Å². The number of aromatic nitrogens is 1. The smallest absolute Gasteiger partial charge is 0.167 e. The van der Waals surface area contributed by atoms with Gasteiger partial charge in [0.05, 0.1) is 12.8 Å². The number of pyridine rings is 1. The standard InChI is InChI=1S/C18H17NO2/c1-12-6-7-18(21-3)15(9-12)14-10-16-13(2)5-4-8-19(16)17(14)11-20/h4-11H,1-3H3. The summed E-state index contributed by atoms with van der Waals surface area (Å²) in [4.78, 5) is 11.6. The van der Waals surface area contributed by atoms with Crippen molar-refractivity contribution in [2.75, 3.05) is 7.11 Å². The van der Waals surface area contributed by atoms with Gasteiger partial charge in [-0.15, -0.1) is 0 Å². The molecule has 0 atom stereocenters. The summed E-state index contributed by atoms with van der Waals surface area (Å²) in [7, 11) is 1.65. The largest absolute Gasteiger partial charge is 0.496 e. The number of methoxy groups -OCH3 is 1. The minimum atomic E-state index is 0.651. The molecule has 2 aromatic heterocycles. The summed E-state index contributed by atoms with van der Waals surface area (Å²) in [5.41, 5.74) is 5.81. The second kappa shape index (κ2) is 5.09. The van der Waals surface area contributed by atoms with E-state index in [9.17, 15) is 4.79 Å². The molecule has 2 heterocycles. The van der Waals surface area contributed by atoms with Gasteiger partial charge in [0.1, 0.15) is 5.75 Å². The van der Waals surface area contributed by atoms with E-state index < -0.39 is 0 Å². The van der Waals surface area contributed by atoms with Crippen LogP contribution in [-0.2, 0) is 0 Å². The van der Waals surface area contributed by atoms with Gasteiger partial charge in [0.25, 0.3) is 0 Å². The van der Waals surface area contributed by atoms with Gasteiger partial charge in [-0.25, -0.2) is 0 Å². The van der Waals surface area contributed by atoms with Gasteiger partial charge >= 0.3 is 0 Å². The Morgan fingerprint density at radius 2 is 1.90 bits per heavy atom. The summed E-state index contributed by atoms with van der Waals surface area (Å²) in [5, 5.41) is 0. The third kappa shape index (κ3) is 2.11. The van der Waals surface area contributed by atoms with Gasteiger partial charge in [-0.1, -0.05) is 17.7 Å². The third-order valence-corrected chi connectivity index (χ3v) is 3.82. The van der Waals surface area contributed by atoms with Gasteiger partial charge in [-0.2, -0.15) is 0 Å². The number of rotatable bonds is 3. The number of hydrogen-bond acceptors (Lipinski definition) is 2. The van der Waals surface area contributed by atoms with Gasteiger partial charge in [0, 0.05) is 22.8 Å². The maximum absolute atomic E-state index is 11.6. The van der Waals surface area contributed by atoms with Crippen LogP contribution >= 0.6 is 0 Å². The van der Waals surface area contributed by atoms with E-state index in [2.05, 4.69) is 12.1 Å². The Morgan fingerprint density at radius 3 is 2.62 bits per heavy atom. The Balaban J connectivity index is 2.37. The predicted molar refractivity (Wildman–Crippen MR) is 84.2 cm³/mol. The van der Waals surface area contributed by atoms with Crippen LogP contribution in [0.3, 0.4) is 0 Å². The summed E-state index contributed by atoms with van der Waals surface area (Å²) in [5.74, 6) is 0.775. The summed E-state index contributed by atoms with van der Waals surface area (Å²) < 4.78 is 7.39. The highest BCUT2D eigenvalue weighted by molar-refractivity contribution is 5.92. The Labute approximate surface area is 123 Å². The lowest BCUT2D eigenvalue weighted by atomic mass is 10.0. The van der Waals surface area contributed by atoms with Crippen molar-refractivity contribution in [3.63, 3.8) is 0 Å². The zero-order valence-electron chi connectivity index (χ0n) is 12.4. The van der Waals surface area contributed by atoms with Crippen LogP contribution in [0.2, 0.25) is 0 Å². The molecule has 0 spiro atoms. The molecule has 0 aliphatic carbocycles. The van der Waals surface area contributed by atoms with Crippen LogP contribution in [0.15, 0.2) is 42.6 Å². The molecule has 0 saturated heterocycles. The Kier molecular flexibility index (Phi) is 3.26. The second-order valence-corrected chi connectivity index (χ2v) is 5.21. The van der Waals surface area contributed by atoms with E-state index in [0.717, 1.165) is 39.8 Å². The molecule has 0 saturated carbocycles. The summed E-state index contributed by atoms with van der Waals surface area (Å²) in [6.45, 7) is 4.08. The molecular weight excluding hydrogens is 262 g/mol. The molecule has 3 heteroatoms. The molecule has 0 N–H and O–H groups in total. The number of carbonyl (C=O) groups is 1. The number of benzene rings is 1. The average molecular weight is 279 g/mol. The fraction of sp³-hybridized carbons (Fsp3) is 0.167. The van der Waals surface area contributed by atoms with E-state index in [1.54, 1.807) is 7.11 Å². The van der Waals surface area contributed by atoms with Crippen LogP contribution in [0.25, 0.3) is 16.6 Å². The zero-order valence-corrected chi connectivity index (χ0v) is 12.4. The normalized spacial score (nSPS) is 10.8. The topological polar surface area (TPSA) is 30.7 Å². The lowest BCUT2D eigenvalue weighted by Crippen LogP contribution is -1.94. The predicted octanol–water partition coefficient (Wildman–Crippen LogP) is 4.04. The molecule has 0 aliphatic heterocycles. The van der Waals surface area contributed by atoms with E-state index in [1.165, 1.54) is 0 Å². The van der Waals surface area contributed by atoms with Crippen molar-refractivity contribution < 1.29 is 9.53 Å². The monoisotopic (exact) mass is 279 g/mol. The van der Waals surface area contributed by atoms with Gasteiger partial charge in [0.15, 0.2) is 6.29 Å². The molecule has 0 amide bonds. The highest BCUT2D eigenvalue weighted by Gasteiger charge is 2.16. The lowest BCUT2D eigenvalue weighted by Gasteiger charge is -2.09. The molecule has 106 valence electrons. The number of hydrogen-bond donors (Lipinski definition) is 0. The zero-order chi connectivity index (χ0) is 15.0. The molecule has 1 aromatic carbocycles. The minimum absolute atomic E-state index is 0.651. The van der Waals surface area contributed by atoms with Crippen LogP contribution in [-0.4, -0.2) is 17.8 Å². The number of ether oxygens (including phenoxy) is 1. The van der Waals surface area contributed by atoms with Crippen LogP contribution < -0.4 is 4.74 Å². The number of nitrogens with zero attached hydrogens (tertiary/aromatic N) is 1. The third-order valence-electron chi connectivity index (χ3n) is 3.82. The van der Waals surface area contributed by atoms with Crippen molar-refractivity contribution in [1.82, 2.24) is 4.40 Å². The SMILES string of the molecule is COc1ccc(C)cc1-c1cc2c(C)cccn2c1C=O. The maximum Gasteiger partial charge on any atom is 0.167 e. The molecule has 3 rings (SSSR count). The molecular formula is C18H17NO2. The van der Waals surface area contributed by atoms with Crippen LogP contribution in [0.4, 0.5) is 0 Å². The molecule has 0 aliphatic rings. The average Bonchev–Trinajstić information content (AvgIpc) is 2.87. The molecule has 0 radical (unpaired) electrons. The van der Waals surface area contributed by atoms with E-state index in [1.807, 2.05) is 48.7 Å². The number of aldehydes is 1. The van der Waals surface area contributed by atoms with E-state index in [-0.39, 0.29) is 0 Å². The Bertz CT molecular complexity index is 831. The first-order valence-corrected chi connectivity index (χ1v) is 6.86. The lowest BCUT2D eigenvalue weighted by molar-refractivity contribution is 0.111. The Morgan fingerprint density at radius 1 is 1.10 bits per heavy atom. The Hall–Kier alpha value is -2.55. The van der Waals surface area contributed by atoms with Crippen molar-refractivity contribution in [3.8, 4) is 16.9 Å². The number of carbonyl (C=O) groups excluding carboxylic acids is 1. The van der Waals surface area contributed by atoms with E-state index >= 15 is 0 Å². The molecule has 3 aromatic rings. The molecule has 21 heavy (non-hydrogen) atoms. The van der Waals surface area contributed by atoms with Crippen LogP contribution in [0.1, 0.15) is 21.6 Å². The summed E-state index contributed by atoms with van der Waals surface area (Å²) >= 11 is 0. The van der Waals surface area contributed by atoms with Crippen molar-refractivity contribution in [2.24, 2.45) is 0 Å². The van der Waals surface area contributed by atoms with Crippen molar-refractivity contribution in [1.29, 1.82) is 0 Å². The minimum Gasteiger partial charge on any atom is -0.496 e. The fourth-order valence-corrected chi connectivity index (χ4v) is 2.73. The van der Waals surface area contributed by atoms with Gasteiger partial charge in [-0.05, 0) is 43.7 Å². The van der Waals surface area contributed by atoms with Crippen molar-refractivity contribution in [2.45, 2.75) is 13.8 Å². The highest BCUT2D eigenvalue weighted by Crippen LogP contribution is 2.35. The highest BCUT2D eigenvalue weighted by atomic mass is 16.5. The van der Waals surface area contributed by atoms with Crippen LogP contribution in [0.5, 0.6) is 5.75 Å². The van der Waals surface area contributed by atoms with Gasteiger partial charge in [0.2, 0.25) is 0 Å². The van der Waals surface area contributed by atoms with Gasteiger partial charge in [-0.3, -0.25) is 4.79 Å². The van der Waals surface area contributed by atoms with E-state index in [4.69, 9.17) is 4.74 Å². The first-order chi connectivity index (χ1) is 10.2. The quantitative estimate of drug-likeness (QED) is 0.677. The molecule has 0 fully saturated rings. The summed E-state index contributed by atoms with van der Waals surface area (Å²) in [6.07, 6.45) is 2.82. The first kappa shape index (κ1) is 13.4. The molecule has 0 unspecified atom stereocenters. The second-order valence-electron chi connectivity index (χ2n) is 5.21. The molecule has 0 bridgehead atoms. The first-order valence-electron chi connectivity index (χ1n) is 6.86. The number of aryl methyl sites for hydroxylation is 2.